The third-order valence-corrected chi connectivity index (χ3v) is 7.24. The van der Waals surface area contributed by atoms with E-state index in [1.54, 1.807) is 12.1 Å². The van der Waals surface area contributed by atoms with Crippen LogP contribution in [0.3, 0.4) is 0 Å². The average Bonchev–Trinajstić information content (AvgIpc) is 3.43. The Hall–Kier alpha value is -4.00. The van der Waals surface area contributed by atoms with Crippen molar-refractivity contribution in [2.75, 3.05) is 49.3 Å². The molecule has 1 aromatic heterocycles. The topological polar surface area (TPSA) is 153 Å². The summed E-state index contributed by atoms with van der Waals surface area (Å²) in [4.78, 5) is 37.8. The minimum Gasteiger partial charge on any atom is -0.494 e. The van der Waals surface area contributed by atoms with Gasteiger partial charge in [-0.05, 0) is 50.9 Å². The van der Waals surface area contributed by atoms with Gasteiger partial charge in [0.05, 0.1) is 7.11 Å². The third-order valence-electron chi connectivity index (χ3n) is 7.24. The van der Waals surface area contributed by atoms with E-state index in [1.165, 1.54) is 45.3 Å². The lowest BCUT2D eigenvalue weighted by Gasteiger charge is -2.31. The third kappa shape index (κ3) is 9.85. The van der Waals surface area contributed by atoms with Gasteiger partial charge in [0.2, 0.25) is 17.8 Å². The molecule has 1 saturated carbocycles. The summed E-state index contributed by atoms with van der Waals surface area (Å²) in [5.74, 6) is -1.17. The van der Waals surface area contributed by atoms with Crippen LogP contribution in [0, 0.1) is 5.82 Å². The summed E-state index contributed by atoms with van der Waals surface area (Å²) in [6.45, 7) is 5.19. The number of nitrogens with one attached hydrogen (secondary N) is 2. The second kappa shape index (κ2) is 15.7. The maximum absolute atomic E-state index is 14.2. The minimum absolute atomic E-state index is 0.202. The fourth-order valence-corrected chi connectivity index (χ4v) is 5.06. The van der Waals surface area contributed by atoms with E-state index < -0.39 is 17.8 Å². The molecule has 2 aliphatic rings. The Morgan fingerprint density at radius 2 is 1.76 bits per heavy atom. The molecule has 1 atom stereocenters. The molecule has 0 radical (unpaired) electrons. The summed E-state index contributed by atoms with van der Waals surface area (Å²) in [6, 6.07) is 5.63. The first-order valence-corrected chi connectivity index (χ1v) is 13.9. The quantitative estimate of drug-likeness (QED) is 0.286. The number of halogens is 1. The molecule has 41 heavy (non-hydrogen) atoms. The first kappa shape index (κ1) is 31.5. The van der Waals surface area contributed by atoms with Gasteiger partial charge < -0.3 is 30.5 Å². The molecule has 0 amide bonds. The maximum Gasteiger partial charge on any atom is 0.328 e. The highest BCUT2D eigenvalue weighted by atomic mass is 19.1. The van der Waals surface area contributed by atoms with Crippen LogP contribution in [0.4, 0.5) is 27.9 Å². The predicted octanol–water partition coefficient (Wildman–Crippen LogP) is 4.14. The number of anilines is 4. The molecule has 13 heteroatoms. The van der Waals surface area contributed by atoms with Gasteiger partial charge in [-0.15, -0.1) is 0 Å². The number of carboxylic acids is 2. The van der Waals surface area contributed by atoms with Gasteiger partial charge in [0.15, 0.2) is 11.6 Å². The van der Waals surface area contributed by atoms with Crippen molar-refractivity contribution in [3.8, 4) is 5.75 Å². The van der Waals surface area contributed by atoms with Crippen molar-refractivity contribution in [1.29, 1.82) is 0 Å². The van der Waals surface area contributed by atoms with Gasteiger partial charge in [-0.25, -0.2) is 14.0 Å². The molecular weight excluding hydrogens is 533 g/mol. The number of methoxy groups -OCH3 is 1. The van der Waals surface area contributed by atoms with Crippen LogP contribution in [-0.2, 0) is 9.59 Å². The molecule has 2 aromatic rings. The number of aromatic nitrogens is 3. The van der Waals surface area contributed by atoms with Crippen molar-refractivity contribution in [2.45, 2.75) is 64.0 Å². The zero-order valence-electron chi connectivity index (χ0n) is 23.8. The Morgan fingerprint density at radius 3 is 2.37 bits per heavy atom. The van der Waals surface area contributed by atoms with Gasteiger partial charge in [-0.3, -0.25) is 4.90 Å². The smallest absolute Gasteiger partial charge is 0.328 e. The zero-order chi connectivity index (χ0) is 29.8. The van der Waals surface area contributed by atoms with Crippen LogP contribution in [-0.4, -0.2) is 87.9 Å². The van der Waals surface area contributed by atoms with Gasteiger partial charge in [-0.1, -0.05) is 26.2 Å². The number of carbonyl (C=O) groups is 2. The Morgan fingerprint density at radius 1 is 1.07 bits per heavy atom. The van der Waals surface area contributed by atoms with Crippen LogP contribution in [0.25, 0.3) is 0 Å². The minimum atomic E-state index is -1.26. The van der Waals surface area contributed by atoms with Crippen LogP contribution in [0.1, 0.15) is 51.9 Å². The molecule has 2 heterocycles. The molecule has 0 bridgehead atoms. The number of aliphatic carboxylic acids is 2. The van der Waals surface area contributed by atoms with Crippen molar-refractivity contribution in [3.63, 3.8) is 0 Å². The van der Waals surface area contributed by atoms with E-state index in [0.717, 1.165) is 32.5 Å². The Labute approximate surface area is 239 Å². The Balaban J connectivity index is 0.000000507. The highest BCUT2D eigenvalue weighted by Gasteiger charge is 2.24. The lowest BCUT2D eigenvalue weighted by molar-refractivity contribution is -0.134. The van der Waals surface area contributed by atoms with E-state index in [0.29, 0.717) is 47.8 Å². The number of benzene rings is 1. The molecule has 224 valence electrons. The van der Waals surface area contributed by atoms with E-state index >= 15 is 0 Å². The predicted molar refractivity (Wildman–Crippen MR) is 155 cm³/mol. The van der Waals surface area contributed by atoms with Crippen molar-refractivity contribution in [1.82, 2.24) is 19.9 Å². The largest absolute Gasteiger partial charge is 0.494 e. The van der Waals surface area contributed by atoms with Gasteiger partial charge in [0.25, 0.3) is 0 Å². The standard InChI is InChI=1S/C24H36FN7O.C4H4O4/c1-4-32-14-8-11-19(32)16-26-22-28-23(27-17-12-13-21(33-3)20(25)15-17)30-24(29-22)31(2)18-9-6-5-7-10-18;5-3(6)1-2-4(7)8/h12-13,15,18-19H,4-11,14,16H2,1-3H3,(H2,26,27,28,29,30);1-2H,(H,5,6)(H,7,8)/b;2-1+. The summed E-state index contributed by atoms with van der Waals surface area (Å²) >= 11 is 0. The molecule has 12 nitrogen and oxygen atoms in total. The summed E-state index contributed by atoms with van der Waals surface area (Å²) in [7, 11) is 3.51. The molecule has 1 aliphatic carbocycles. The first-order chi connectivity index (χ1) is 19.7. The van der Waals surface area contributed by atoms with Crippen molar-refractivity contribution >= 4 is 35.5 Å². The van der Waals surface area contributed by atoms with Gasteiger partial charge >= 0.3 is 11.9 Å². The fourth-order valence-electron chi connectivity index (χ4n) is 5.06. The number of likely N-dealkylation sites (tertiary alicyclic amines) is 1. The van der Waals surface area contributed by atoms with E-state index in [9.17, 15) is 14.0 Å². The van der Waals surface area contributed by atoms with Crippen molar-refractivity contribution in [2.24, 2.45) is 0 Å². The molecule has 1 aromatic carbocycles. The zero-order valence-corrected chi connectivity index (χ0v) is 23.8. The van der Waals surface area contributed by atoms with Crippen LogP contribution < -0.4 is 20.3 Å². The average molecular weight is 574 g/mol. The monoisotopic (exact) mass is 573 g/mol. The van der Waals surface area contributed by atoms with Crippen molar-refractivity contribution < 1.29 is 28.9 Å². The molecule has 1 aliphatic heterocycles. The maximum atomic E-state index is 14.2. The number of rotatable bonds is 11. The summed E-state index contributed by atoms with van der Waals surface area (Å²) in [6.07, 6.45) is 9.56. The highest BCUT2D eigenvalue weighted by molar-refractivity contribution is 5.89. The van der Waals surface area contributed by atoms with E-state index in [-0.39, 0.29) is 5.75 Å². The Bertz CT molecular complexity index is 1180. The van der Waals surface area contributed by atoms with Crippen LogP contribution in [0.15, 0.2) is 30.4 Å². The van der Waals surface area contributed by atoms with Gasteiger partial charge in [0.1, 0.15) is 0 Å². The molecule has 0 spiro atoms. The van der Waals surface area contributed by atoms with Crippen molar-refractivity contribution in [3.05, 3.63) is 36.2 Å². The number of hydrogen-bond acceptors (Lipinski definition) is 10. The molecule has 4 rings (SSSR count). The highest BCUT2D eigenvalue weighted by Crippen LogP contribution is 2.27. The van der Waals surface area contributed by atoms with E-state index in [4.69, 9.17) is 19.9 Å². The number of hydrogen-bond donors (Lipinski definition) is 4. The first-order valence-electron chi connectivity index (χ1n) is 13.9. The second-order valence-corrected chi connectivity index (χ2v) is 9.98. The van der Waals surface area contributed by atoms with Gasteiger partial charge in [0, 0.05) is 49.6 Å². The molecule has 4 N–H and O–H groups in total. The fraction of sp³-hybridized carbons (Fsp3) is 0.536. The van der Waals surface area contributed by atoms with Crippen LogP contribution in [0.2, 0.25) is 0 Å². The lowest BCUT2D eigenvalue weighted by Crippen LogP contribution is -2.36. The molecule has 1 saturated heterocycles. The van der Waals surface area contributed by atoms with Crippen LogP contribution in [0.5, 0.6) is 5.75 Å². The number of ether oxygens (including phenoxy) is 1. The summed E-state index contributed by atoms with van der Waals surface area (Å²) in [5, 5.41) is 22.2. The van der Waals surface area contributed by atoms with E-state index in [2.05, 4.69) is 44.4 Å². The lowest BCUT2D eigenvalue weighted by atomic mass is 9.95. The summed E-state index contributed by atoms with van der Waals surface area (Å²) in [5.41, 5.74) is 0.560. The van der Waals surface area contributed by atoms with Crippen LogP contribution >= 0.6 is 0 Å². The van der Waals surface area contributed by atoms with E-state index in [1.807, 2.05) is 0 Å². The molecule has 2 fully saturated rings. The second-order valence-electron chi connectivity index (χ2n) is 9.98. The number of carboxylic acid groups (broad SMARTS) is 2. The molecular formula is C28H40FN7O5. The number of nitrogens with zero attached hydrogens (tertiary/aromatic N) is 5. The number of likely N-dealkylation sites (N-methyl/N-ethyl adjacent to an activating group) is 1. The summed E-state index contributed by atoms with van der Waals surface area (Å²) < 4.78 is 19.2. The Kier molecular flexibility index (Phi) is 12.1. The van der Waals surface area contributed by atoms with Gasteiger partial charge in [-0.2, -0.15) is 15.0 Å². The molecule has 1 unspecified atom stereocenters. The SMILES string of the molecule is CCN1CCCC1CNc1nc(Nc2ccc(OC)c(F)c2)nc(N(C)C2CCCCC2)n1.O=C(O)/C=C/C(=O)O. The normalized spacial score (nSPS) is 17.5.